The lowest BCUT2D eigenvalue weighted by atomic mass is 10.2. The largest absolute Gasteiger partial charge is 0.326 e. The zero-order valence-corrected chi connectivity index (χ0v) is 20.1. The van der Waals surface area contributed by atoms with Gasteiger partial charge in [-0.25, -0.2) is 4.98 Å². The summed E-state index contributed by atoms with van der Waals surface area (Å²) in [5, 5.41) is 3.31. The fourth-order valence-corrected chi connectivity index (χ4v) is 4.20. The van der Waals surface area contributed by atoms with Crippen molar-refractivity contribution in [1.29, 1.82) is 0 Å². The van der Waals surface area contributed by atoms with E-state index in [9.17, 15) is 9.59 Å². The maximum Gasteiger partial charge on any atom is 0.256 e. The molecule has 0 aliphatic heterocycles. The Labute approximate surface area is 209 Å². The van der Waals surface area contributed by atoms with Gasteiger partial charge in [0.15, 0.2) is 0 Å². The molecule has 0 radical (unpaired) electrons. The first-order valence-corrected chi connectivity index (χ1v) is 11.9. The smallest absolute Gasteiger partial charge is 0.256 e. The molecular weight excluding hydrogens is 460 g/mol. The lowest BCUT2D eigenvalue weighted by molar-refractivity contribution is -0.117. The molecule has 2 amide bonds. The van der Waals surface area contributed by atoms with Crippen LogP contribution in [0.4, 0.5) is 5.95 Å². The summed E-state index contributed by atoms with van der Waals surface area (Å²) < 4.78 is 1.86. The molecule has 0 saturated heterocycles. The van der Waals surface area contributed by atoms with Crippen molar-refractivity contribution < 1.29 is 9.59 Å². The fraction of sp³-hybridized carbons (Fsp3) is 0.179. The maximum absolute atomic E-state index is 13.2. The minimum absolute atomic E-state index is 0.0428. The fourth-order valence-electron chi connectivity index (χ4n) is 3.98. The van der Waals surface area contributed by atoms with Crippen LogP contribution < -0.4 is 5.32 Å². The number of nitrogens with zero attached hydrogens (tertiary/aromatic N) is 3. The summed E-state index contributed by atoms with van der Waals surface area (Å²) in [5.41, 5.74) is 4.11. The zero-order valence-electron chi connectivity index (χ0n) is 19.3. The highest BCUT2D eigenvalue weighted by Gasteiger charge is 2.35. The molecule has 7 heteroatoms. The molecule has 4 aromatic rings. The van der Waals surface area contributed by atoms with Crippen LogP contribution in [0.3, 0.4) is 0 Å². The van der Waals surface area contributed by atoms with Gasteiger partial charge in [-0.2, -0.15) is 0 Å². The Morgan fingerprint density at radius 2 is 1.69 bits per heavy atom. The Morgan fingerprint density at radius 3 is 2.37 bits per heavy atom. The van der Waals surface area contributed by atoms with E-state index in [0.29, 0.717) is 16.5 Å². The Kier molecular flexibility index (Phi) is 6.38. The van der Waals surface area contributed by atoms with E-state index in [-0.39, 0.29) is 24.4 Å². The van der Waals surface area contributed by atoms with Crippen LogP contribution in [0, 0.1) is 6.92 Å². The van der Waals surface area contributed by atoms with E-state index in [2.05, 4.69) is 5.32 Å². The first kappa shape index (κ1) is 22.9. The second kappa shape index (κ2) is 9.76. The van der Waals surface area contributed by atoms with E-state index in [0.717, 1.165) is 35.3 Å². The van der Waals surface area contributed by atoms with Crippen LogP contribution in [0.15, 0.2) is 85.1 Å². The summed E-state index contributed by atoms with van der Waals surface area (Å²) in [5.74, 6) is -0.144. The van der Waals surface area contributed by atoms with Gasteiger partial charge in [0, 0.05) is 23.5 Å². The number of aryl methyl sites for hydroxylation is 1. The summed E-state index contributed by atoms with van der Waals surface area (Å²) in [6, 6.07) is 24.8. The highest BCUT2D eigenvalue weighted by Crippen LogP contribution is 2.30. The number of hydrogen-bond acceptors (Lipinski definition) is 3. The molecule has 0 spiro atoms. The minimum Gasteiger partial charge on any atom is -0.326 e. The van der Waals surface area contributed by atoms with Crippen molar-refractivity contribution >= 4 is 29.4 Å². The number of carbonyl (C=O) groups excluding carboxylic acids is 2. The van der Waals surface area contributed by atoms with E-state index in [4.69, 9.17) is 16.6 Å². The molecule has 5 rings (SSSR count). The monoisotopic (exact) mass is 484 g/mol. The van der Waals surface area contributed by atoms with Gasteiger partial charge in [-0.05, 0) is 44.0 Å². The second-order valence-electron chi connectivity index (χ2n) is 8.71. The van der Waals surface area contributed by atoms with E-state index in [1.54, 1.807) is 29.2 Å². The minimum atomic E-state index is -0.309. The SMILES string of the molecule is Cc1ccc(-n2cc(-c3ccccc3)nc2NC(=O)CN(C(=O)c2ccccc2Cl)C2CC2)cc1. The van der Waals surface area contributed by atoms with Gasteiger partial charge in [0.25, 0.3) is 5.91 Å². The molecular formula is C28H25ClN4O2. The number of anilines is 1. The molecule has 6 nitrogen and oxygen atoms in total. The maximum atomic E-state index is 13.2. The molecule has 1 N–H and O–H groups in total. The van der Waals surface area contributed by atoms with Crippen LogP contribution in [-0.4, -0.2) is 38.9 Å². The van der Waals surface area contributed by atoms with Crippen molar-refractivity contribution in [2.24, 2.45) is 0 Å². The van der Waals surface area contributed by atoms with Gasteiger partial charge >= 0.3 is 0 Å². The Balaban J connectivity index is 1.42. The molecule has 1 aliphatic carbocycles. The lowest BCUT2D eigenvalue weighted by Gasteiger charge is -2.22. The van der Waals surface area contributed by atoms with E-state index in [1.165, 1.54) is 0 Å². The average molecular weight is 485 g/mol. The standard InChI is InChI=1S/C28H25ClN4O2/c1-19-11-13-22(14-12-19)33-17-25(20-7-3-2-4-8-20)30-28(33)31-26(34)18-32(21-15-16-21)27(35)23-9-5-6-10-24(23)29/h2-14,17,21H,15-16,18H2,1H3,(H,30,31,34). The van der Waals surface area contributed by atoms with Crippen LogP contribution >= 0.6 is 11.6 Å². The van der Waals surface area contributed by atoms with Crippen LogP contribution in [0.5, 0.6) is 0 Å². The van der Waals surface area contributed by atoms with Crippen molar-refractivity contribution in [3.8, 4) is 16.9 Å². The van der Waals surface area contributed by atoms with Crippen molar-refractivity contribution in [2.75, 3.05) is 11.9 Å². The predicted octanol–water partition coefficient (Wildman–Crippen LogP) is 5.74. The molecule has 1 heterocycles. The number of benzene rings is 3. The third-order valence-electron chi connectivity index (χ3n) is 6.01. The first-order chi connectivity index (χ1) is 17.0. The van der Waals surface area contributed by atoms with E-state index < -0.39 is 0 Å². The normalized spacial score (nSPS) is 12.9. The number of amides is 2. The topological polar surface area (TPSA) is 67.2 Å². The van der Waals surface area contributed by atoms with Gasteiger partial charge in [0.05, 0.1) is 16.3 Å². The summed E-state index contributed by atoms with van der Waals surface area (Å²) in [7, 11) is 0. The Bertz CT molecular complexity index is 1360. The van der Waals surface area contributed by atoms with Crippen molar-refractivity contribution in [3.05, 3.63) is 101 Å². The van der Waals surface area contributed by atoms with Gasteiger partial charge in [0.2, 0.25) is 11.9 Å². The van der Waals surface area contributed by atoms with Crippen molar-refractivity contribution in [2.45, 2.75) is 25.8 Å². The van der Waals surface area contributed by atoms with Crippen LogP contribution in [0.1, 0.15) is 28.8 Å². The molecule has 35 heavy (non-hydrogen) atoms. The molecule has 3 aromatic carbocycles. The molecule has 0 bridgehead atoms. The van der Waals surface area contributed by atoms with Gasteiger partial charge in [0.1, 0.15) is 6.54 Å². The number of nitrogens with one attached hydrogen (secondary N) is 1. The number of aromatic nitrogens is 2. The summed E-state index contributed by atoms with van der Waals surface area (Å²) in [4.78, 5) is 32.7. The van der Waals surface area contributed by atoms with Crippen LogP contribution in [0.25, 0.3) is 16.9 Å². The van der Waals surface area contributed by atoms with Crippen molar-refractivity contribution in [1.82, 2.24) is 14.5 Å². The van der Waals surface area contributed by atoms with E-state index >= 15 is 0 Å². The molecule has 1 aromatic heterocycles. The molecule has 1 fully saturated rings. The summed E-state index contributed by atoms with van der Waals surface area (Å²) >= 11 is 6.25. The van der Waals surface area contributed by atoms with Crippen LogP contribution in [-0.2, 0) is 4.79 Å². The first-order valence-electron chi connectivity index (χ1n) is 11.6. The number of imidazole rings is 1. The summed E-state index contributed by atoms with van der Waals surface area (Å²) in [6.45, 7) is 1.95. The molecule has 1 aliphatic rings. The van der Waals surface area contributed by atoms with Crippen LogP contribution in [0.2, 0.25) is 5.02 Å². The molecule has 1 saturated carbocycles. The third kappa shape index (κ3) is 5.12. The Morgan fingerprint density at radius 1 is 1.00 bits per heavy atom. The lowest BCUT2D eigenvalue weighted by Crippen LogP contribution is -2.40. The molecule has 0 unspecified atom stereocenters. The highest BCUT2D eigenvalue weighted by molar-refractivity contribution is 6.33. The van der Waals surface area contributed by atoms with Gasteiger partial charge in [-0.15, -0.1) is 0 Å². The second-order valence-corrected chi connectivity index (χ2v) is 9.12. The number of hydrogen-bond donors (Lipinski definition) is 1. The predicted molar refractivity (Wildman–Crippen MR) is 138 cm³/mol. The number of halogens is 1. The average Bonchev–Trinajstić information content (AvgIpc) is 3.63. The van der Waals surface area contributed by atoms with Gasteiger partial charge in [-0.1, -0.05) is 71.8 Å². The summed E-state index contributed by atoms with van der Waals surface area (Å²) in [6.07, 6.45) is 3.66. The van der Waals surface area contributed by atoms with Crippen molar-refractivity contribution in [3.63, 3.8) is 0 Å². The quantitative estimate of drug-likeness (QED) is 0.363. The Hall–Kier alpha value is -3.90. The number of carbonyl (C=O) groups is 2. The van der Waals surface area contributed by atoms with E-state index in [1.807, 2.05) is 72.3 Å². The highest BCUT2D eigenvalue weighted by atomic mass is 35.5. The van der Waals surface area contributed by atoms with Gasteiger partial charge in [-0.3, -0.25) is 19.5 Å². The molecule has 176 valence electrons. The zero-order chi connectivity index (χ0) is 24.4. The molecule has 0 atom stereocenters. The van der Waals surface area contributed by atoms with Gasteiger partial charge < -0.3 is 4.90 Å². The number of rotatable bonds is 7. The third-order valence-corrected chi connectivity index (χ3v) is 6.34.